The summed E-state index contributed by atoms with van der Waals surface area (Å²) >= 11 is 0. The van der Waals surface area contributed by atoms with Crippen LogP contribution in [0.2, 0.25) is 0 Å². The van der Waals surface area contributed by atoms with Gasteiger partial charge in [0.15, 0.2) is 0 Å². The summed E-state index contributed by atoms with van der Waals surface area (Å²) < 4.78 is 5.95. The van der Waals surface area contributed by atoms with Crippen LogP contribution in [-0.4, -0.2) is 18.1 Å². The molecule has 1 aliphatic heterocycles. The Balaban J connectivity index is 1.96. The molecule has 0 saturated heterocycles. The first-order valence-corrected chi connectivity index (χ1v) is 7.25. The van der Waals surface area contributed by atoms with Gasteiger partial charge in [-0.15, -0.1) is 0 Å². The van der Waals surface area contributed by atoms with Crippen LogP contribution in [0, 0.1) is 6.92 Å². The second-order valence-corrected chi connectivity index (χ2v) is 5.74. The molecule has 21 heavy (non-hydrogen) atoms. The lowest BCUT2D eigenvalue weighted by Gasteiger charge is -2.28. The third-order valence-corrected chi connectivity index (χ3v) is 4.43. The summed E-state index contributed by atoms with van der Waals surface area (Å²) in [7, 11) is 2.10. The van der Waals surface area contributed by atoms with Gasteiger partial charge in [0, 0.05) is 35.9 Å². The SMILES string of the molecule is Cc1cc2oc3ccccc3c2cc1N1C=CN(C)C1C. The quantitative estimate of drug-likeness (QED) is 0.655. The minimum atomic E-state index is 0.333. The Morgan fingerprint density at radius 3 is 2.57 bits per heavy atom. The van der Waals surface area contributed by atoms with E-state index in [-0.39, 0.29) is 0 Å². The van der Waals surface area contributed by atoms with Crippen molar-refractivity contribution in [3.8, 4) is 0 Å². The van der Waals surface area contributed by atoms with E-state index in [2.05, 4.69) is 67.4 Å². The van der Waals surface area contributed by atoms with Crippen LogP contribution in [0.5, 0.6) is 0 Å². The van der Waals surface area contributed by atoms with Gasteiger partial charge in [-0.3, -0.25) is 0 Å². The minimum absolute atomic E-state index is 0.333. The van der Waals surface area contributed by atoms with Crippen LogP contribution in [-0.2, 0) is 0 Å². The highest BCUT2D eigenvalue weighted by Gasteiger charge is 2.22. The van der Waals surface area contributed by atoms with Gasteiger partial charge in [0.05, 0.1) is 0 Å². The number of aryl methyl sites for hydroxylation is 1. The molecule has 1 unspecified atom stereocenters. The van der Waals surface area contributed by atoms with E-state index in [1.807, 2.05) is 12.1 Å². The fourth-order valence-corrected chi connectivity index (χ4v) is 3.04. The third-order valence-electron chi connectivity index (χ3n) is 4.43. The molecule has 0 N–H and O–H groups in total. The molecule has 0 spiro atoms. The Morgan fingerprint density at radius 2 is 1.81 bits per heavy atom. The molecular formula is C18H18N2O. The van der Waals surface area contributed by atoms with Crippen LogP contribution >= 0.6 is 0 Å². The molecule has 1 aromatic heterocycles. The number of anilines is 1. The van der Waals surface area contributed by atoms with Gasteiger partial charge in [-0.05, 0) is 37.6 Å². The molecule has 0 radical (unpaired) electrons. The Morgan fingerprint density at radius 1 is 1.00 bits per heavy atom. The third kappa shape index (κ3) is 1.74. The Bertz CT molecular complexity index is 862. The van der Waals surface area contributed by atoms with Crippen molar-refractivity contribution < 1.29 is 4.42 Å². The molecule has 0 aliphatic carbocycles. The highest BCUT2D eigenvalue weighted by Crippen LogP contribution is 2.35. The van der Waals surface area contributed by atoms with E-state index in [9.17, 15) is 0 Å². The van der Waals surface area contributed by atoms with Crippen molar-refractivity contribution in [3.63, 3.8) is 0 Å². The second kappa shape index (κ2) is 4.29. The monoisotopic (exact) mass is 278 g/mol. The fraction of sp³-hybridized carbons (Fsp3) is 0.222. The van der Waals surface area contributed by atoms with Gasteiger partial charge in [0.2, 0.25) is 0 Å². The summed E-state index contributed by atoms with van der Waals surface area (Å²) in [6.45, 7) is 4.35. The molecule has 0 fully saturated rings. The number of benzene rings is 2. The van der Waals surface area contributed by atoms with Gasteiger partial charge in [-0.25, -0.2) is 0 Å². The van der Waals surface area contributed by atoms with Crippen LogP contribution in [0.15, 0.2) is 53.2 Å². The summed E-state index contributed by atoms with van der Waals surface area (Å²) in [5, 5.41) is 2.36. The van der Waals surface area contributed by atoms with E-state index < -0.39 is 0 Å². The minimum Gasteiger partial charge on any atom is -0.456 e. The molecule has 1 atom stereocenters. The van der Waals surface area contributed by atoms with Gasteiger partial charge in [0.25, 0.3) is 0 Å². The van der Waals surface area contributed by atoms with E-state index in [4.69, 9.17) is 4.42 Å². The molecule has 106 valence electrons. The molecule has 0 bridgehead atoms. The summed E-state index contributed by atoms with van der Waals surface area (Å²) in [4.78, 5) is 4.51. The van der Waals surface area contributed by atoms with E-state index >= 15 is 0 Å². The van der Waals surface area contributed by atoms with Crippen LogP contribution in [0.3, 0.4) is 0 Å². The number of hydrogen-bond donors (Lipinski definition) is 0. The Kier molecular flexibility index (Phi) is 2.52. The number of nitrogens with zero attached hydrogens (tertiary/aromatic N) is 2. The zero-order chi connectivity index (χ0) is 14.6. The van der Waals surface area contributed by atoms with Gasteiger partial charge >= 0.3 is 0 Å². The topological polar surface area (TPSA) is 19.6 Å². The maximum absolute atomic E-state index is 5.95. The molecule has 3 heteroatoms. The average Bonchev–Trinajstić information content (AvgIpc) is 2.99. The molecule has 2 heterocycles. The standard InChI is InChI=1S/C18H18N2O/c1-12-10-18-15(14-6-4-5-7-17(14)21-18)11-16(12)20-9-8-19(3)13(20)2/h4-11,13H,1-3H3. The molecule has 0 saturated carbocycles. The smallest absolute Gasteiger partial charge is 0.135 e. The molecule has 3 aromatic rings. The van der Waals surface area contributed by atoms with Gasteiger partial charge in [-0.2, -0.15) is 0 Å². The number of furan rings is 1. The van der Waals surface area contributed by atoms with Gasteiger partial charge in [0.1, 0.15) is 17.3 Å². The predicted octanol–water partition coefficient (Wildman–Crippen LogP) is 4.46. The highest BCUT2D eigenvalue weighted by molar-refractivity contribution is 6.06. The average molecular weight is 278 g/mol. The summed E-state index contributed by atoms with van der Waals surface area (Å²) in [6, 6.07) is 12.6. The zero-order valence-corrected chi connectivity index (χ0v) is 12.5. The van der Waals surface area contributed by atoms with Gasteiger partial charge in [-0.1, -0.05) is 18.2 Å². The highest BCUT2D eigenvalue weighted by atomic mass is 16.3. The van der Waals surface area contributed by atoms with Crippen molar-refractivity contribution in [3.05, 3.63) is 54.4 Å². The normalized spacial score (nSPS) is 18.3. The van der Waals surface area contributed by atoms with Crippen molar-refractivity contribution >= 4 is 27.6 Å². The maximum atomic E-state index is 5.95. The largest absolute Gasteiger partial charge is 0.456 e. The van der Waals surface area contributed by atoms with Crippen molar-refractivity contribution in [2.75, 3.05) is 11.9 Å². The summed E-state index contributed by atoms with van der Waals surface area (Å²) in [5.74, 6) is 0. The predicted molar refractivity (Wildman–Crippen MR) is 87.3 cm³/mol. The van der Waals surface area contributed by atoms with Gasteiger partial charge < -0.3 is 14.2 Å². The first-order chi connectivity index (χ1) is 10.1. The van der Waals surface area contributed by atoms with Crippen molar-refractivity contribution in [1.29, 1.82) is 0 Å². The van der Waals surface area contributed by atoms with Crippen LogP contribution < -0.4 is 4.90 Å². The maximum Gasteiger partial charge on any atom is 0.135 e. The lowest BCUT2D eigenvalue weighted by Crippen LogP contribution is -2.33. The first-order valence-electron chi connectivity index (χ1n) is 7.25. The zero-order valence-electron chi connectivity index (χ0n) is 12.5. The Hall–Kier alpha value is -2.42. The van der Waals surface area contributed by atoms with E-state index in [0.717, 1.165) is 11.2 Å². The van der Waals surface area contributed by atoms with Crippen LogP contribution in [0.1, 0.15) is 12.5 Å². The molecule has 4 rings (SSSR count). The number of hydrogen-bond acceptors (Lipinski definition) is 3. The van der Waals surface area contributed by atoms with Crippen LogP contribution in [0.4, 0.5) is 5.69 Å². The number of rotatable bonds is 1. The second-order valence-electron chi connectivity index (χ2n) is 5.74. The number of para-hydroxylation sites is 1. The number of fused-ring (bicyclic) bond motifs is 3. The van der Waals surface area contributed by atoms with Crippen LogP contribution in [0.25, 0.3) is 21.9 Å². The lowest BCUT2D eigenvalue weighted by molar-refractivity contribution is 0.383. The molecule has 2 aromatic carbocycles. The van der Waals surface area contributed by atoms with E-state index in [1.54, 1.807) is 0 Å². The fourth-order valence-electron chi connectivity index (χ4n) is 3.04. The molecular weight excluding hydrogens is 260 g/mol. The summed E-state index contributed by atoms with van der Waals surface area (Å²) in [6.07, 6.45) is 4.59. The van der Waals surface area contributed by atoms with Crippen molar-refractivity contribution in [2.24, 2.45) is 0 Å². The summed E-state index contributed by atoms with van der Waals surface area (Å²) in [5.41, 5.74) is 4.38. The first kappa shape index (κ1) is 12.3. The van der Waals surface area contributed by atoms with Crippen molar-refractivity contribution in [1.82, 2.24) is 4.90 Å². The lowest BCUT2D eigenvalue weighted by atomic mass is 10.1. The molecule has 0 amide bonds. The Labute approximate surface area is 124 Å². The van der Waals surface area contributed by atoms with E-state index in [1.165, 1.54) is 22.0 Å². The molecule has 3 nitrogen and oxygen atoms in total. The molecule has 1 aliphatic rings. The van der Waals surface area contributed by atoms with E-state index in [0.29, 0.717) is 6.17 Å². The van der Waals surface area contributed by atoms with Crippen molar-refractivity contribution in [2.45, 2.75) is 20.0 Å².